The van der Waals surface area contributed by atoms with E-state index in [0.717, 1.165) is 23.6 Å². The van der Waals surface area contributed by atoms with Crippen LogP contribution in [0.3, 0.4) is 0 Å². The molecule has 0 aliphatic heterocycles. The highest BCUT2D eigenvalue weighted by Crippen LogP contribution is 2.12. The van der Waals surface area contributed by atoms with Gasteiger partial charge >= 0.3 is 0 Å². The van der Waals surface area contributed by atoms with E-state index in [-0.39, 0.29) is 0 Å². The molecule has 0 atom stereocenters. The molecular formula is C12H17N5O. The SMILES string of the molecule is COCCn1cc(Nc2nc(C)cc(C)n2)cn1. The van der Waals surface area contributed by atoms with Gasteiger partial charge in [-0.15, -0.1) is 0 Å². The molecule has 0 radical (unpaired) electrons. The molecule has 0 saturated carbocycles. The lowest BCUT2D eigenvalue weighted by Gasteiger charge is -2.03. The zero-order valence-electron chi connectivity index (χ0n) is 10.8. The van der Waals surface area contributed by atoms with E-state index < -0.39 is 0 Å². The predicted octanol–water partition coefficient (Wildman–Crippen LogP) is 1.68. The van der Waals surface area contributed by atoms with E-state index >= 15 is 0 Å². The summed E-state index contributed by atoms with van der Waals surface area (Å²) >= 11 is 0. The lowest BCUT2D eigenvalue weighted by molar-refractivity contribution is 0.183. The van der Waals surface area contributed by atoms with E-state index in [1.165, 1.54) is 0 Å². The van der Waals surface area contributed by atoms with Crippen LogP contribution in [0.25, 0.3) is 0 Å². The molecule has 6 heteroatoms. The smallest absolute Gasteiger partial charge is 0.227 e. The summed E-state index contributed by atoms with van der Waals surface area (Å²) in [5, 5.41) is 7.35. The number of hydrogen-bond donors (Lipinski definition) is 1. The number of aryl methyl sites for hydroxylation is 2. The zero-order valence-corrected chi connectivity index (χ0v) is 10.8. The maximum Gasteiger partial charge on any atom is 0.227 e. The number of rotatable bonds is 5. The summed E-state index contributed by atoms with van der Waals surface area (Å²) in [6.07, 6.45) is 3.65. The quantitative estimate of drug-likeness (QED) is 0.870. The molecule has 0 aliphatic rings. The third-order valence-electron chi connectivity index (χ3n) is 2.40. The molecule has 0 unspecified atom stereocenters. The van der Waals surface area contributed by atoms with Crippen LogP contribution in [0, 0.1) is 13.8 Å². The molecule has 0 aliphatic carbocycles. The molecule has 0 fully saturated rings. The van der Waals surface area contributed by atoms with Crippen LogP contribution in [0.5, 0.6) is 0 Å². The molecule has 2 heterocycles. The van der Waals surface area contributed by atoms with Crippen LogP contribution >= 0.6 is 0 Å². The van der Waals surface area contributed by atoms with Crippen molar-refractivity contribution in [3.63, 3.8) is 0 Å². The Labute approximate surface area is 106 Å². The van der Waals surface area contributed by atoms with Crippen molar-refractivity contribution in [2.75, 3.05) is 19.0 Å². The molecule has 0 amide bonds. The van der Waals surface area contributed by atoms with Crippen LogP contribution in [0.4, 0.5) is 11.6 Å². The number of anilines is 2. The van der Waals surface area contributed by atoms with Crippen molar-refractivity contribution in [2.24, 2.45) is 0 Å². The first-order valence-electron chi connectivity index (χ1n) is 5.78. The van der Waals surface area contributed by atoms with Crippen LogP contribution in [0.2, 0.25) is 0 Å². The molecular weight excluding hydrogens is 230 g/mol. The normalized spacial score (nSPS) is 10.6. The molecule has 0 spiro atoms. The first-order valence-corrected chi connectivity index (χ1v) is 5.78. The van der Waals surface area contributed by atoms with Gasteiger partial charge in [0.15, 0.2) is 0 Å². The Morgan fingerprint density at radius 2 is 2.00 bits per heavy atom. The van der Waals surface area contributed by atoms with Gasteiger partial charge in [-0.2, -0.15) is 5.10 Å². The summed E-state index contributed by atoms with van der Waals surface area (Å²) < 4.78 is 6.81. The van der Waals surface area contributed by atoms with E-state index in [2.05, 4.69) is 20.4 Å². The Hall–Kier alpha value is -1.95. The van der Waals surface area contributed by atoms with Crippen LogP contribution in [-0.4, -0.2) is 33.5 Å². The molecule has 0 aromatic carbocycles. The summed E-state index contributed by atoms with van der Waals surface area (Å²) in [7, 11) is 1.67. The first-order chi connectivity index (χ1) is 8.67. The summed E-state index contributed by atoms with van der Waals surface area (Å²) in [5.74, 6) is 0.596. The number of hydrogen-bond acceptors (Lipinski definition) is 5. The van der Waals surface area contributed by atoms with Crippen LogP contribution < -0.4 is 5.32 Å². The summed E-state index contributed by atoms with van der Waals surface area (Å²) in [4.78, 5) is 8.63. The van der Waals surface area contributed by atoms with E-state index in [9.17, 15) is 0 Å². The van der Waals surface area contributed by atoms with Crippen molar-refractivity contribution in [1.29, 1.82) is 0 Å². The predicted molar refractivity (Wildman–Crippen MR) is 68.9 cm³/mol. The maximum absolute atomic E-state index is 5.00. The van der Waals surface area contributed by atoms with Crippen LogP contribution in [0.15, 0.2) is 18.5 Å². The van der Waals surface area contributed by atoms with Gasteiger partial charge in [-0.05, 0) is 19.9 Å². The van der Waals surface area contributed by atoms with Gasteiger partial charge in [-0.25, -0.2) is 9.97 Å². The van der Waals surface area contributed by atoms with Gasteiger partial charge in [0.05, 0.1) is 25.0 Å². The number of nitrogens with one attached hydrogen (secondary N) is 1. The van der Waals surface area contributed by atoms with Gasteiger partial charge in [0, 0.05) is 24.7 Å². The van der Waals surface area contributed by atoms with Crippen molar-refractivity contribution in [3.8, 4) is 0 Å². The van der Waals surface area contributed by atoms with Gasteiger partial charge in [0.2, 0.25) is 5.95 Å². The average Bonchev–Trinajstić information content (AvgIpc) is 2.72. The molecule has 2 rings (SSSR count). The van der Waals surface area contributed by atoms with E-state index in [0.29, 0.717) is 12.6 Å². The van der Waals surface area contributed by atoms with Gasteiger partial charge in [0.1, 0.15) is 0 Å². The molecule has 2 aromatic rings. The third kappa shape index (κ3) is 3.27. The maximum atomic E-state index is 5.00. The topological polar surface area (TPSA) is 64.9 Å². The fraction of sp³-hybridized carbons (Fsp3) is 0.417. The first kappa shape index (κ1) is 12.5. The Kier molecular flexibility index (Phi) is 3.88. The van der Waals surface area contributed by atoms with Crippen LogP contribution in [-0.2, 0) is 11.3 Å². The monoisotopic (exact) mass is 247 g/mol. The van der Waals surface area contributed by atoms with Gasteiger partial charge in [-0.1, -0.05) is 0 Å². The fourth-order valence-corrected chi connectivity index (χ4v) is 1.65. The fourth-order valence-electron chi connectivity index (χ4n) is 1.65. The molecule has 1 N–H and O–H groups in total. The van der Waals surface area contributed by atoms with Gasteiger partial charge in [-0.3, -0.25) is 4.68 Å². The molecule has 96 valence electrons. The summed E-state index contributed by atoms with van der Waals surface area (Å²) in [5.41, 5.74) is 2.75. The Morgan fingerprint density at radius 1 is 1.28 bits per heavy atom. The third-order valence-corrected chi connectivity index (χ3v) is 2.40. The molecule has 0 saturated heterocycles. The largest absolute Gasteiger partial charge is 0.383 e. The number of aromatic nitrogens is 4. The lowest BCUT2D eigenvalue weighted by Crippen LogP contribution is -2.04. The highest BCUT2D eigenvalue weighted by Gasteiger charge is 2.02. The van der Waals surface area contributed by atoms with Crippen LogP contribution in [0.1, 0.15) is 11.4 Å². The standard InChI is InChI=1S/C12H17N5O/c1-9-6-10(2)15-12(14-9)16-11-7-13-17(8-11)4-5-18-3/h6-8H,4-5H2,1-3H3,(H,14,15,16). The second kappa shape index (κ2) is 5.59. The second-order valence-electron chi connectivity index (χ2n) is 4.08. The van der Waals surface area contributed by atoms with Crippen molar-refractivity contribution >= 4 is 11.6 Å². The van der Waals surface area contributed by atoms with Crippen molar-refractivity contribution in [1.82, 2.24) is 19.7 Å². The summed E-state index contributed by atoms with van der Waals surface area (Å²) in [6.45, 7) is 5.26. The molecule has 18 heavy (non-hydrogen) atoms. The minimum atomic E-state index is 0.596. The minimum Gasteiger partial charge on any atom is -0.383 e. The molecule has 2 aromatic heterocycles. The highest BCUT2D eigenvalue weighted by atomic mass is 16.5. The molecule has 0 bridgehead atoms. The van der Waals surface area contributed by atoms with Gasteiger partial charge < -0.3 is 10.1 Å². The van der Waals surface area contributed by atoms with E-state index in [1.807, 2.05) is 30.8 Å². The Balaban J connectivity index is 2.06. The number of methoxy groups -OCH3 is 1. The molecule has 6 nitrogen and oxygen atoms in total. The summed E-state index contributed by atoms with van der Waals surface area (Å²) in [6, 6.07) is 1.94. The van der Waals surface area contributed by atoms with Crippen molar-refractivity contribution in [2.45, 2.75) is 20.4 Å². The minimum absolute atomic E-state index is 0.596. The number of nitrogens with zero attached hydrogens (tertiary/aromatic N) is 4. The van der Waals surface area contributed by atoms with E-state index in [4.69, 9.17) is 4.74 Å². The zero-order chi connectivity index (χ0) is 13.0. The number of ether oxygens (including phenoxy) is 1. The highest BCUT2D eigenvalue weighted by molar-refractivity contribution is 5.50. The van der Waals surface area contributed by atoms with Gasteiger partial charge in [0.25, 0.3) is 0 Å². The lowest BCUT2D eigenvalue weighted by atomic mass is 10.3. The second-order valence-corrected chi connectivity index (χ2v) is 4.08. The van der Waals surface area contributed by atoms with Crippen molar-refractivity contribution in [3.05, 3.63) is 29.8 Å². The van der Waals surface area contributed by atoms with Crippen molar-refractivity contribution < 1.29 is 4.74 Å². The average molecular weight is 247 g/mol. The Bertz CT molecular complexity index is 503. The van der Waals surface area contributed by atoms with E-state index in [1.54, 1.807) is 13.3 Å². The Morgan fingerprint density at radius 3 is 2.67 bits per heavy atom.